The van der Waals surface area contributed by atoms with Crippen LogP contribution in [0.4, 0.5) is 0 Å². The van der Waals surface area contributed by atoms with Crippen molar-refractivity contribution in [3.05, 3.63) is 134 Å². The highest BCUT2D eigenvalue weighted by Crippen LogP contribution is 2.40. The molecule has 4 atom stereocenters. The molecule has 3 aliphatic rings. The molecule has 1 unspecified atom stereocenters. The molecule has 2 aromatic carbocycles. The number of aliphatic hydroxyl groups excluding tert-OH is 1. The molecule has 1 saturated carbocycles. The van der Waals surface area contributed by atoms with Gasteiger partial charge in [-0.15, -0.1) is 32.9 Å². The van der Waals surface area contributed by atoms with E-state index in [0.717, 1.165) is 66.1 Å². The first kappa shape index (κ1) is 48.0. The topological polar surface area (TPSA) is 195 Å². The van der Waals surface area contributed by atoms with Gasteiger partial charge in [0, 0.05) is 83.4 Å². The first-order valence-electron chi connectivity index (χ1n) is 23.8. The molecule has 71 heavy (non-hydrogen) atoms. The maximum absolute atomic E-state index is 14.3. The maximum Gasteiger partial charge on any atom is 0.248 e. The third-order valence-electron chi connectivity index (χ3n) is 13.6. The number of amides is 3. The van der Waals surface area contributed by atoms with Crippen LogP contribution in [0, 0.1) is 33.6 Å². The minimum atomic E-state index is -0.830. The quantitative estimate of drug-likeness (QED) is 0.0959. The highest BCUT2D eigenvalue weighted by Gasteiger charge is 2.43. The third kappa shape index (κ3) is 9.77. The molecule has 3 N–H and O–H groups in total. The molecule has 3 amide bonds. The Kier molecular flexibility index (Phi) is 13.5. The van der Waals surface area contributed by atoms with Crippen molar-refractivity contribution in [1.82, 2.24) is 50.0 Å². The summed E-state index contributed by atoms with van der Waals surface area (Å²) < 4.78 is 9.99. The summed E-state index contributed by atoms with van der Waals surface area (Å²) >= 11 is 9.53. The number of likely N-dealkylation sites (tertiary alicyclic amines) is 1. The predicted octanol–water partition coefficient (Wildman–Crippen LogP) is 8.08. The van der Waals surface area contributed by atoms with Gasteiger partial charge in [0.1, 0.15) is 35.1 Å². The number of benzene rings is 2. The average Bonchev–Trinajstić information content (AvgIpc) is 4.19. The number of ether oxygens (including phenoxy) is 1. The largest absolute Gasteiger partial charge is 0.474 e. The fourth-order valence-corrected chi connectivity index (χ4v) is 11.8. The standard InChI is InChI=1S/C52H54ClN11O5S2/c1-27(2)47(51(68)62-25-39(65)20-42(62)50(67)55-22-32-7-9-34(10-8-32)48-29(4)56-26-70-48)63-24-36(23-57-63)35-15-16-54-44(17-35)69-40-18-38(19-40)58-43(66)21-41-49-61-60-31(6)64(49)52-45(28(3)30(5)71-52)46(59-41)33-11-13-37(53)14-12-33/h7-17,23-24,26-27,38-42,47,65H,18-22,25H2,1-6H3,(H,55,67)(H,58,66)/t38?,39-,40?,41+,42+,47?/m1/s1. The Hall–Kier alpha value is -6.60. The lowest BCUT2D eigenvalue weighted by Gasteiger charge is -2.35. The number of β-amino-alcohol motifs (C(OH)–C–C–N with tert-alkyl or cyclic N) is 1. The first-order valence-corrected chi connectivity index (χ1v) is 25.8. The van der Waals surface area contributed by atoms with Crippen LogP contribution in [-0.2, 0) is 20.9 Å². The van der Waals surface area contributed by atoms with Gasteiger partial charge < -0.3 is 25.4 Å². The van der Waals surface area contributed by atoms with E-state index in [9.17, 15) is 19.5 Å². The Bertz CT molecular complexity index is 3150. The molecule has 16 nitrogen and oxygen atoms in total. The maximum atomic E-state index is 14.3. The zero-order valence-corrected chi connectivity index (χ0v) is 42.6. The van der Waals surface area contributed by atoms with Crippen LogP contribution < -0.4 is 15.4 Å². The molecular formula is C52H54ClN11O5S2. The molecule has 366 valence electrons. The summed E-state index contributed by atoms with van der Waals surface area (Å²) in [5.74, 6) is 0.863. The van der Waals surface area contributed by atoms with Crippen molar-refractivity contribution in [1.29, 1.82) is 0 Å². The number of hydrogen-bond acceptors (Lipinski definition) is 13. The van der Waals surface area contributed by atoms with Gasteiger partial charge in [0.15, 0.2) is 5.82 Å². The minimum absolute atomic E-state index is 0.0503. The number of halogens is 1. The molecule has 2 aliphatic heterocycles. The lowest BCUT2D eigenvalue weighted by atomic mass is 9.89. The van der Waals surface area contributed by atoms with Crippen LogP contribution in [0.25, 0.3) is 26.6 Å². The highest BCUT2D eigenvalue weighted by molar-refractivity contribution is 7.15. The summed E-state index contributed by atoms with van der Waals surface area (Å²) in [6, 6.07) is 17.1. The summed E-state index contributed by atoms with van der Waals surface area (Å²) in [7, 11) is 0. The molecule has 1 aliphatic carbocycles. The Morgan fingerprint density at radius 2 is 1.69 bits per heavy atom. The molecule has 1 saturated heterocycles. The zero-order valence-electron chi connectivity index (χ0n) is 40.2. The van der Waals surface area contributed by atoms with Crippen LogP contribution in [0.1, 0.15) is 96.1 Å². The van der Waals surface area contributed by atoms with E-state index in [1.54, 1.807) is 39.7 Å². The molecule has 7 heterocycles. The zero-order chi connectivity index (χ0) is 49.7. The molecule has 7 aromatic rings. The highest BCUT2D eigenvalue weighted by atomic mass is 35.5. The van der Waals surface area contributed by atoms with E-state index in [1.165, 1.54) is 9.78 Å². The van der Waals surface area contributed by atoms with E-state index in [1.807, 2.05) is 105 Å². The van der Waals surface area contributed by atoms with Gasteiger partial charge in [-0.25, -0.2) is 9.97 Å². The van der Waals surface area contributed by atoms with Crippen molar-refractivity contribution in [2.24, 2.45) is 10.9 Å². The van der Waals surface area contributed by atoms with Gasteiger partial charge >= 0.3 is 0 Å². The van der Waals surface area contributed by atoms with Crippen LogP contribution in [0.5, 0.6) is 5.88 Å². The number of aromatic nitrogens is 7. The summed E-state index contributed by atoms with van der Waals surface area (Å²) in [5, 5.41) is 32.1. The minimum Gasteiger partial charge on any atom is -0.474 e. The number of pyridine rings is 1. The van der Waals surface area contributed by atoms with Crippen LogP contribution in [0.2, 0.25) is 5.02 Å². The van der Waals surface area contributed by atoms with Crippen LogP contribution in [-0.4, -0.2) is 98.8 Å². The van der Waals surface area contributed by atoms with Gasteiger partial charge in [-0.1, -0.05) is 61.8 Å². The molecule has 19 heteroatoms. The lowest BCUT2D eigenvalue weighted by molar-refractivity contribution is -0.142. The van der Waals surface area contributed by atoms with Crippen molar-refractivity contribution in [2.45, 2.75) is 110 Å². The second kappa shape index (κ2) is 19.9. The van der Waals surface area contributed by atoms with Crippen LogP contribution in [0.3, 0.4) is 0 Å². The van der Waals surface area contributed by atoms with Crippen LogP contribution >= 0.6 is 34.3 Å². The molecule has 0 bridgehead atoms. The van der Waals surface area contributed by atoms with E-state index in [2.05, 4.69) is 49.7 Å². The van der Waals surface area contributed by atoms with Crippen molar-refractivity contribution in [2.75, 3.05) is 6.54 Å². The SMILES string of the molecule is Cc1ncsc1-c1ccc(CNC(=O)[C@@H]2C[C@@H](O)CN2C(=O)C(C(C)C)n2cc(-c3ccnc(OC4CC(NC(=O)C[C@@H]5N=C(c6ccc(Cl)cc6)c6c(sc(C)c6C)-n6c(C)nnc65)C4)c3)cn2)cc1. The number of fused-ring (bicyclic) bond motifs is 3. The number of aliphatic hydroxyl groups is 1. The molecule has 5 aromatic heterocycles. The molecule has 0 radical (unpaired) electrons. The summed E-state index contributed by atoms with van der Waals surface area (Å²) in [4.78, 5) is 59.5. The number of carbonyl (C=O) groups is 3. The van der Waals surface area contributed by atoms with Gasteiger partial charge in [0.25, 0.3) is 0 Å². The number of aryl methyl sites for hydroxylation is 3. The fourth-order valence-electron chi connectivity index (χ4n) is 9.68. The number of nitrogens with one attached hydrogen (secondary N) is 2. The van der Waals surface area contributed by atoms with Gasteiger partial charge in [-0.05, 0) is 74.1 Å². The molecule has 0 spiro atoms. The Labute approximate surface area is 424 Å². The van der Waals surface area contributed by atoms with Gasteiger partial charge in [-0.2, -0.15) is 5.10 Å². The summed E-state index contributed by atoms with van der Waals surface area (Å²) in [6.07, 6.45) is 5.64. The van der Waals surface area contributed by atoms with Gasteiger partial charge in [-0.3, -0.25) is 28.6 Å². The number of aliphatic imine (C=N–C) groups is 1. The number of rotatable bonds is 14. The predicted molar refractivity (Wildman–Crippen MR) is 273 cm³/mol. The smallest absolute Gasteiger partial charge is 0.248 e. The van der Waals surface area contributed by atoms with E-state index >= 15 is 0 Å². The molecule has 10 rings (SSSR count). The fraction of sp³-hybridized carbons (Fsp3) is 0.365. The lowest BCUT2D eigenvalue weighted by Crippen LogP contribution is -2.49. The average molecular weight is 1010 g/mol. The van der Waals surface area contributed by atoms with Crippen molar-refractivity contribution in [3.8, 4) is 32.4 Å². The van der Waals surface area contributed by atoms with Crippen LogP contribution in [0.15, 0.2) is 89.8 Å². The number of hydrogen-bond donors (Lipinski definition) is 3. The summed E-state index contributed by atoms with van der Waals surface area (Å²) in [6.45, 7) is 12.3. The molecule has 2 fully saturated rings. The van der Waals surface area contributed by atoms with Crippen molar-refractivity contribution in [3.63, 3.8) is 0 Å². The number of thiazole rings is 1. The first-order chi connectivity index (χ1) is 34.2. The van der Waals surface area contributed by atoms with Crippen molar-refractivity contribution < 1.29 is 24.2 Å². The summed E-state index contributed by atoms with van der Waals surface area (Å²) in [5.41, 5.74) is 10.2. The second-order valence-electron chi connectivity index (χ2n) is 18.9. The number of thiophene rings is 1. The Morgan fingerprint density at radius 1 is 0.930 bits per heavy atom. The Balaban J connectivity index is 0.757. The number of nitrogens with zero attached hydrogens (tertiary/aromatic N) is 9. The molecular weight excluding hydrogens is 958 g/mol. The van der Waals surface area contributed by atoms with Gasteiger partial charge in [0.05, 0.1) is 40.5 Å². The van der Waals surface area contributed by atoms with Crippen molar-refractivity contribution >= 4 is 57.7 Å². The monoisotopic (exact) mass is 1010 g/mol. The Morgan fingerprint density at radius 3 is 2.42 bits per heavy atom. The van der Waals surface area contributed by atoms with E-state index in [0.29, 0.717) is 29.6 Å². The van der Waals surface area contributed by atoms with E-state index in [-0.39, 0.29) is 61.7 Å². The normalized spacial score (nSPS) is 19.9. The van der Waals surface area contributed by atoms with E-state index in [4.69, 9.17) is 21.3 Å². The van der Waals surface area contributed by atoms with E-state index < -0.39 is 24.2 Å². The van der Waals surface area contributed by atoms with Gasteiger partial charge in [0.2, 0.25) is 23.6 Å². The third-order valence-corrected chi connectivity index (χ3v) is 16.0. The number of carbonyl (C=O) groups excluding carboxylic acids is 3. The second-order valence-corrected chi connectivity index (χ2v) is 21.4.